The summed E-state index contributed by atoms with van der Waals surface area (Å²) in [6.07, 6.45) is 6.55. The second kappa shape index (κ2) is 9.87. The van der Waals surface area contributed by atoms with Crippen molar-refractivity contribution in [1.29, 1.82) is 0 Å². The van der Waals surface area contributed by atoms with Gasteiger partial charge in [-0.15, -0.1) is 11.3 Å². The average molecular weight is 452 g/mol. The van der Waals surface area contributed by atoms with Crippen LogP contribution in [-0.4, -0.2) is 48.3 Å². The van der Waals surface area contributed by atoms with Gasteiger partial charge in [-0.25, -0.2) is 4.98 Å². The number of aromatic nitrogens is 1. The molecule has 6 heteroatoms. The summed E-state index contributed by atoms with van der Waals surface area (Å²) in [6, 6.07) is 17.1. The van der Waals surface area contributed by atoms with Crippen molar-refractivity contribution < 1.29 is 9.47 Å². The van der Waals surface area contributed by atoms with Gasteiger partial charge in [0, 0.05) is 19.1 Å². The Kier molecular flexibility index (Phi) is 6.74. The first-order chi connectivity index (χ1) is 15.6. The van der Waals surface area contributed by atoms with Crippen LogP contribution in [0.5, 0.6) is 5.75 Å². The predicted molar refractivity (Wildman–Crippen MR) is 130 cm³/mol. The molecule has 2 N–H and O–H groups in total. The summed E-state index contributed by atoms with van der Waals surface area (Å²) in [6.45, 7) is 2.15. The van der Waals surface area contributed by atoms with E-state index in [1.807, 2.05) is 6.07 Å². The fraction of sp³-hybridized carbons (Fsp3) is 0.500. The van der Waals surface area contributed by atoms with E-state index in [0.29, 0.717) is 6.04 Å². The van der Waals surface area contributed by atoms with Crippen molar-refractivity contribution in [2.45, 2.75) is 62.9 Å². The van der Waals surface area contributed by atoms with Crippen LogP contribution < -0.4 is 10.5 Å². The Hall–Kier alpha value is -1.99. The molecule has 1 aliphatic heterocycles. The summed E-state index contributed by atoms with van der Waals surface area (Å²) in [5.74, 6) is 0.918. The molecule has 1 saturated carbocycles. The zero-order chi connectivity index (χ0) is 21.9. The first-order valence-electron chi connectivity index (χ1n) is 11.9. The van der Waals surface area contributed by atoms with E-state index in [2.05, 4.69) is 54.4 Å². The number of rotatable bonds is 6. The van der Waals surface area contributed by atoms with Crippen LogP contribution in [0.25, 0.3) is 10.2 Å². The minimum absolute atomic E-state index is 0.177. The molecule has 1 aromatic heterocycles. The number of fused-ring (bicyclic) bond motifs is 1. The fourth-order valence-electron chi connectivity index (χ4n) is 4.74. The number of piperidine rings is 1. The number of hydrogen-bond acceptors (Lipinski definition) is 6. The molecule has 1 unspecified atom stereocenters. The molecule has 0 amide bonds. The highest BCUT2D eigenvalue weighted by Gasteiger charge is 2.27. The molecule has 2 aromatic carbocycles. The van der Waals surface area contributed by atoms with Gasteiger partial charge in [0.2, 0.25) is 0 Å². The topological polar surface area (TPSA) is 60.6 Å². The van der Waals surface area contributed by atoms with E-state index in [1.54, 1.807) is 11.3 Å². The third kappa shape index (κ3) is 5.15. The second-order valence-electron chi connectivity index (χ2n) is 9.27. The molecule has 5 rings (SSSR count). The van der Waals surface area contributed by atoms with Gasteiger partial charge in [0.25, 0.3) is 0 Å². The molecule has 2 heterocycles. The molecule has 0 radical (unpaired) electrons. The molecule has 0 spiro atoms. The zero-order valence-electron chi connectivity index (χ0n) is 18.8. The van der Waals surface area contributed by atoms with Crippen LogP contribution >= 0.6 is 11.3 Å². The molecular formula is C26H33N3O2S. The minimum Gasteiger partial charge on any atom is -0.490 e. The number of thiazole rings is 1. The summed E-state index contributed by atoms with van der Waals surface area (Å²) < 4.78 is 14.3. The largest absolute Gasteiger partial charge is 0.490 e. The number of nitrogens with two attached hydrogens (primary N) is 1. The smallest absolute Gasteiger partial charge is 0.135 e. The van der Waals surface area contributed by atoms with E-state index in [-0.39, 0.29) is 18.3 Å². The second-order valence-corrected chi connectivity index (χ2v) is 10.3. The lowest BCUT2D eigenvalue weighted by Crippen LogP contribution is -2.35. The van der Waals surface area contributed by atoms with Crippen LogP contribution in [0.15, 0.2) is 48.5 Å². The SMILES string of the molecule is CN1CCC(OC(c2cccc(OC3CCC(N)CC3)c2)c2nc3ccccc3s2)CC1. The average Bonchev–Trinajstić information content (AvgIpc) is 3.24. The number of nitrogens with zero attached hydrogens (tertiary/aromatic N) is 2. The first-order valence-corrected chi connectivity index (χ1v) is 12.7. The highest BCUT2D eigenvalue weighted by Crippen LogP contribution is 2.36. The summed E-state index contributed by atoms with van der Waals surface area (Å²) in [7, 11) is 2.18. The molecule has 1 saturated heterocycles. The number of para-hydroxylation sites is 1. The molecule has 5 nitrogen and oxygen atoms in total. The number of ether oxygens (including phenoxy) is 2. The van der Waals surface area contributed by atoms with E-state index in [0.717, 1.165) is 73.5 Å². The summed E-state index contributed by atoms with van der Waals surface area (Å²) in [4.78, 5) is 7.32. The summed E-state index contributed by atoms with van der Waals surface area (Å²) >= 11 is 1.73. The van der Waals surface area contributed by atoms with Gasteiger partial charge in [-0.2, -0.15) is 0 Å². The minimum atomic E-state index is -0.177. The molecular weight excluding hydrogens is 418 g/mol. The summed E-state index contributed by atoms with van der Waals surface area (Å²) in [5.41, 5.74) is 8.22. The van der Waals surface area contributed by atoms with E-state index < -0.39 is 0 Å². The van der Waals surface area contributed by atoms with E-state index in [9.17, 15) is 0 Å². The van der Waals surface area contributed by atoms with Crippen molar-refractivity contribution in [3.63, 3.8) is 0 Å². The molecule has 1 atom stereocenters. The summed E-state index contributed by atoms with van der Waals surface area (Å²) in [5, 5.41) is 1.02. The molecule has 2 fully saturated rings. The van der Waals surface area contributed by atoms with Gasteiger partial charge in [0.15, 0.2) is 0 Å². The van der Waals surface area contributed by atoms with Crippen LogP contribution in [0.2, 0.25) is 0 Å². The van der Waals surface area contributed by atoms with Gasteiger partial charge in [-0.3, -0.25) is 0 Å². The van der Waals surface area contributed by atoms with Gasteiger partial charge < -0.3 is 20.1 Å². The number of benzene rings is 2. The van der Waals surface area contributed by atoms with Crippen LogP contribution in [-0.2, 0) is 4.74 Å². The Labute approximate surface area is 194 Å². The highest BCUT2D eigenvalue weighted by atomic mass is 32.1. The first kappa shape index (κ1) is 21.8. The maximum absolute atomic E-state index is 6.75. The standard InChI is InChI=1S/C26H33N3O2S/c1-29-15-13-21(14-16-29)31-25(26-28-23-7-2-3-8-24(23)32-26)18-5-4-6-22(17-18)30-20-11-9-19(27)10-12-20/h2-8,17,19-21,25H,9-16,27H2,1H3. The lowest BCUT2D eigenvalue weighted by molar-refractivity contribution is -0.0235. The molecule has 1 aliphatic carbocycles. The Morgan fingerprint density at radius 2 is 1.75 bits per heavy atom. The van der Waals surface area contributed by atoms with Gasteiger partial charge in [-0.05, 0) is 75.4 Å². The van der Waals surface area contributed by atoms with Gasteiger partial charge in [0.1, 0.15) is 16.9 Å². The van der Waals surface area contributed by atoms with Gasteiger partial charge in [0.05, 0.1) is 22.4 Å². The fourth-order valence-corrected chi connectivity index (χ4v) is 5.78. The normalized spacial score (nSPS) is 23.9. The Bertz CT molecular complexity index is 990. The van der Waals surface area contributed by atoms with Crippen molar-refractivity contribution >= 4 is 21.6 Å². The van der Waals surface area contributed by atoms with Crippen molar-refractivity contribution in [1.82, 2.24) is 9.88 Å². The highest BCUT2D eigenvalue weighted by molar-refractivity contribution is 7.18. The third-order valence-corrected chi connectivity index (χ3v) is 7.79. The third-order valence-electron chi connectivity index (χ3n) is 6.71. The zero-order valence-corrected chi connectivity index (χ0v) is 19.6. The Morgan fingerprint density at radius 3 is 2.53 bits per heavy atom. The van der Waals surface area contributed by atoms with E-state index in [1.165, 1.54) is 4.70 Å². The van der Waals surface area contributed by atoms with Crippen LogP contribution in [0.3, 0.4) is 0 Å². The molecule has 3 aromatic rings. The Balaban J connectivity index is 1.40. The van der Waals surface area contributed by atoms with Crippen molar-refractivity contribution in [3.05, 3.63) is 59.1 Å². The molecule has 2 aliphatic rings. The van der Waals surface area contributed by atoms with Crippen molar-refractivity contribution in [2.75, 3.05) is 20.1 Å². The maximum atomic E-state index is 6.75. The molecule has 32 heavy (non-hydrogen) atoms. The lowest BCUT2D eigenvalue weighted by atomic mass is 9.94. The molecule has 170 valence electrons. The van der Waals surface area contributed by atoms with E-state index >= 15 is 0 Å². The number of hydrogen-bond donors (Lipinski definition) is 1. The van der Waals surface area contributed by atoms with Gasteiger partial charge >= 0.3 is 0 Å². The van der Waals surface area contributed by atoms with Crippen LogP contribution in [0.4, 0.5) is 0 Å². The predicted octanol–water partition coefficient (Wildman–Crippen LogP) is 5.15. The Morgan fingerprint density at radius 1 is 0.969 bits per heavy atom. The molecule has 0 bridgehead atoms. The van der Waals surface area contributed by atoms with Gasteiger partial charge in [-0.1, -0.05) is 24.3 Å². The number of likely N-dealkylation sites (tertiary alicyclic amines) is 1. The van der Waals surface area contributed by atoms with Crippen LogP contribution in [0, 0.1) is 0 Å². The van der Waals surface area contributed by atoms with E-state index in [4.69, 9.17) is 20.2 Å². The lowest BCUT2D eigenvalue weighted by Gasteiger charge is -2.31. The maximum Gasteiger partial charge on any atom is 0.135 e. The quantitative estimate of drug-likeness (QED) is 0.562. The monoisotopic (exact) mass is 451 g/mol. The van der Waals surface area contributed by atoms with Crippen LogP contribution in [0.1, 0.15) is 55.2 Å². The van der Waals surface area contributed by atoms with Crippen molar-refractivity contribution in [3.8, 4) is 5.75 Å². The van der Waals surface area contributed by atoms with Crippen molar-refractivity contribution in [2.24, 2.45) is 5.73 Å².